The van der Waals surface area contributed by atoms with Crippen LogP contribution in [0.15, 0.2) is 30.6 Å². The minimum absolute atomic E-state index is 0.170. The Kier molecular flexibility index (Phi) is 2.86. The van der Waals surface area contributed by atoms with Gasteiger partial charge in [0.05, 0.1) is 5.69 Å². The fourth-order valence-corrected chi connectivity index (χ4v) is 2.02. The van der Waals surface area contributed by atoms with Crippen LogP contribution in [-0.4, -0.2) is 21.7 Å². The zero-order valence-electron chi connectivity index (χ0n) is 7.55. The topological polar surface area (TPSA) is 46.0 Å². The molecule has 1 N–H and O–H groups in total. The molecule has 0 spiro atoms. The first kappa shape index (κ1) is 9.30. The first-order chi connectivity index (χ1) is 6.90. The van der Waals surface area contributed by atoms with Gasteiger partial charge in [0.15, 0.2) is 0 Å². The number of aromatic nitrogens is 2. The van der Waals surface area contributed by atoms with Gasteiger partial charge < -0.3 is 5.11 Å². The van der Waals surface area contributed by atoms with Crippen molar-refractivity contribution >= 4 is 11.3 Å². The molecule has 2 aromatic heterocycles. The molecule has 0 aliphatic carbocycles. The van der Waals surface area contributed by atoms with E-state index in [0.717, 1.165) is 15.6 Å². The summed E-state index contributed by atoms with van der Waals surface area (Å²) >= 11 is 1.58. The predicted octanol–water partition coefficient (Wildman–Crippen LogP) is 1.74. The van der Waals surface area contributed by atoms with Crippen LogP contribution in [0.3, 0.4) is 0 Å². The van der Waals surface area contributed by atoms with Gasteiger partial charge in [0, 0.05) is 30.3 Å². The molecule has 2 aromatic rings. The lowest BCUT2D eigenvalue weighted by Gasteiger charge is -1.92. The van der Waals surface area contributed by atoms with Gasteiger partial charge in [0.1, 0.15) is 5.01 Å². The highest BCUT2D eigenvalue weighted by Gasteiger charge is 2.04. The van der Waals surface area contributed by atoms with Crippen molar-refractivity contribution in [2.45, 2.75) is 6.42 Å². The van der Waals surface area contributed by atoms with Crippen LogP contribution >= 0.6 is 11.3 Å². The minimum atomic E-state index is 0.170. The van der Waals surface area contributed by atoms with Crippen molar-refractivity contribution in [2.24, 2.45) is 0 Å². The Morgan fingerprint density at radius 2 is 2.21 bits per heavy atom. The molecule has 0 radical (unpaired) electrons. The van der Waals surface area contributed by atoms with Crippen molar-refractivity contribution in [1.82, 2.24) is 9.97 Å². The highest BCUT2D eigenvalue weighted by Crippen LogP contribution is 2.22. The molecule has 72 valence electrons. The van der Waals surface area contributed by atoms with Crippen LogP contribution in [0.2, 0.25) is 0 Å². The van der Waals surface area contributed by atoms with E-state index in [0.29, 0.717) is 6.42 Å². The van der Waals surface area contributed by atoms with E-state index in [4.69, 9.17) is 5.11 Å². The molecule has 0 aliphatic heterocycles. The third kappa shape index (κ3) is 1.97. The van der Waals surface area contributed by atoms with Gasteiger partial charge in [-0.3, -0.25) is 4.98 Å². The molecule has 2 heterocycles. The van der Waals surface area contributed by atoms with Crippen LogP contribution in [0.25, 0.3) is 10.7 Å². The van der Waals surface area contributed by atoms with Crippen molar-refractivity contribution in [2.75, 3.05) is 6.61 Å². The summed E-state index contributed by atoms with van der Waals surface area (Å²) in [6, 6.07) is 5.75. The lowest BCUT2D eigenvalue weighted by Crippen LogP contribution is -1.84. The number of aliphatic hydroxyl groups is 1. The maximum absolute atomic E-state index is 8.76. The summed E-state index contributed by atoms with van der Waals surface area (Å²) in [5, 5.41) is 9.67. The molecule has 0 bridgehead atoms. The van der Waals surface area contributed by atoms with Crippen molar-refractivity contribution < 1.29 is 5.11 Å². The fourth-order valence-electron chi connectivity index (χ4n) is 1.14. The number of nitrogens with zero attached hydrogens (tertiary/aromatic N) is 2. The van der Waals surface area contributed by atoms with Crippen molar-refractivity contribution in [3.8, 4) is 10.7 Å². The maximum Gasteiger partial charge on any atom is 0.142 e. The highest BCUT2D eigenvalue weighted by atomic mass is 32.1. The first-order valence-corrected chi connectivity index (χ1v) is 5.19. The van der Waals surface area contributed by atoms with Crippen LogP contribution < -0.4 is 0 Å². The van der Waals surface area contributed by atoms with Crippen LogP contribution in [0.5, 0.6) is 0 Å². The standard InChI is InChI=1S/C10H10N2OS/c13-6-4-8-7-12-10(14-8)9-3-1-2-5-11-9/h1-3,5,7,13H,4,6H2. The number of thiazole rings is 1. The number of hydrogen-bond acceptors (Lipinski definition) is 4. The third-order valence-corrected chi connectivity index (χ3v) is 2.88. The summed E-state index contributed by atoms with van der Waals surface area (Å²) < 4.78 is 0. The quantitative estimate of drug-likeness (QED) is 0.832. The van der Waals surface area contributed by atoms with E-state index < -0.39 is 0 Å². The summed E-state index contributed by atoms with van der Waals surface area (Å²) in [5.74, 6) is 0. The molecular formula is C10H10N2OS. The van der Waals surface area contributed by atoms with Gasteiger partial charge >= 0.3 is 0 Å². The Balaban J connectivity index is 2.25. The first-order valence-electron chi connectivity index (χ1n) is 4.37. The van der Waals surface area contributed by atoms with Crippen LogP contribution in [0.1, 0.15) is 4.88 Å². The van der Waals surface area contributed by atoms with Crippen LogP contribution in [0, 0.1) is 0 Å². The Bertz CT molecular complexity index is 400. The van der Waals surface area contributed by atoms with Gasteiger partial charge in [-0.2, -0.15) is 0 Å². The average molecular weight is 206 g/mol. The molecule has 0 fully saturated rings. The fraction of sp³-hybridized carbons (Fsp3) is 0.200. The lowest BCUT2D eigenvalue weighted by atomic mass is 10.4. The molecule has 4 heteroatoms. The molecule has 0 saturated heterocycles. The lowest BCUT2D eigenvalue weighted by molar-refractivity contribution is 0.300. The van der Waals surface area contributed by atoms with Crippen LogP contribution in [0.4, 0.5) is 0 Å². The Labute approximate surface area is 86.1 Å². The highest BCUT2D eigenvalue weighted by molar-refractivity contribution is 7.15. The molecule has 0 aliphatic rings. The van der Waals surface area contributed by atoms with Crippen LogP contribution in [-0.2, 0) is 6.42 Å². The molecule has 0 amide bonds. The van der Waals surface area contributed by atoms with Crippen molar-refractivity contribution in [1.29, 1.82) is 0 Å². The molecule has 3 nitrogen and oxygen atoms in total. The van der Waals surface area contributed by atoms with Gasteiger partial charge in [0.25, 0.3) is 0 Å². The summed E-state index contributed by atoms with van der Waals surface area (Å²) in [6.45, 7) is 0.170. The smallest absolute Gasteiger partial charge is 0.142 e. The third-order valence-electron chi connectivity index (χ3n) is 1.80. The SMILES string of the molecule is OCCc1cnc(-c2ccccn2)s1. The molecule has 14 heavy (non-hydrogen) atoms. The van der Waals surface area contributed by atoms with E-state index in [1.807, 2.05) is 18.2 Å². The summed E-state index contributed by atoms with van der Waals surface area (Å²) in [5.41, 5.74) is 0.890. The normalized spacial score (nSPS) is 10.4. The van der Waals surface area contributed by atoms with Gasteiger partial charge in [-0.25, -0.2) is 4.98 Å². The van der Waals surface area contributed by atoms with E-state index >= 15 is 0 Å². The number of hydrogen-bond donors (Lipinski definition) is 1. The van der Waals surface area contributed by atoms with Gasteiger partial charge in [-0.1, -0.05) is 6.07 Å². The van der Waals surface area contributed by atoms with E-state index in [9.17, 15) is 0 Å². The average Bonchev–Trinajstić information content (AvgIpc) is 2.68. The maximum atomic E-state index is 8.76. The zero-order chi connectivity index (χ0) is 9.80. The molecule has 0 aromatic carbocycles. The van der Waals surface area contributed by atoms with E-state index in [-0.39, 0.29) is 6.61 Å². The Morgan fingerprint density at radius 1 is 1.29 bits per heavy atom. The summed E-state index contributed by atoms with van der Waals surface area (Å²) in [4.78, 5) is 9.55. The van der Waals surface area contributed by atoms with Gasteiger partial charge in [0.2, 0.25) is 0 Å². The Morgan fingerprint density at radius 3 is 2.93 bits per heavy atom. The largest absolute Gasteiger partial charge is 0.396 e. The summed E-state index contributed by atoms with van der Waals surface area (Å²) in [7, 11) is 0. The van der Waals surface area contributed by atoms with E-state index in [1.54, 1.807) is 23.7 Å². The molecule has 2 rings (SSSR count). The van der Waals surface area contributed by atoms with Gasteiger partial charge in [-0.05, 0) is 12.1 Å². The van der Waals surface area contributed by atoms with E-state index in [1.165, 1.54) is 0 Å². The second-order valence-electron chi connectivity index (χ2n) is 2.82. The number of rotatable bonds is 3. The Hall–Kier alpha value is -1.26. The monoisotopic (exact) mass is 206 g/mol. The molecular weight excluding hydrogens is 196 g/mol. The summed E-state index contributed by atoms with van der Waals surface area (Å²) in [6.07, 6.45) is 4.22. The molecule has 0 saturated carbocycles. The number of pyridine rings is 1. The zero-order valence-corrected chi connectivity index (χ0v) is 8.37. The second kappa shape index (κ2) is 4.30. The minimum Gasteiger partial charge on any atom is -0.396 e. The van der Waals surface area contributed by atoms with Gasteiger partial charge in [-0.15, -0.1) is 11.3 Å². The molecule has 0 unspecified atom stereocenters. The molecule has 0 atom stereocenters. The predicted molar refractivity (Wildman–Crippen MR) is 56.1 cm³/mol. The van der Waals surface area contributed by atoms with Crippen molar-refractivity contribution in [3.05, 3.63) is 35.5 Å². The second-order valence-corrected chi connectivity index (χ2v) is 3.94. The van der Waals surface area contributed by atoms with Crippen molar-refractivity contribution in [3.63, 3.8) is 0 Å². The van der Waals surface area contributed by atoms with E-state index in [2.05, 4.69) is 9.97 Å². The number of aliphatic hydroxyl groups excluding tert-OH is 1.